The highest BCUT2D eigenvalue weighted by Gasteiger charge is 2.23. The molecule has 0 aliphatic heterocycles. The number of aromatic nitrogens is 2. The van der Waals surface area contributed by atoms with Gasteiger partial charge in [0.1, 0.15) is 16.3 Å². The summed E-state index contributed by atoms with van der Waals surface area (Å²) in [5, 5.41) is 1.33. The van der Waals surface area contributed by atoms with Gasteiger partial charge in [0.15, 0.2) is 5.16 Å². The Morgan fingerprint density at radius 1 is 1.07 bits per heavy atom. The van der Waals surface area contributed by atoms with Crippen molar-refractivity contribution in [3.63, 3.8) is 0 Å². The summed E-state index contributed by atoms with van der Waals surface area (Å²) in [4.78, 5) is 22.9. The Labute approximate surface area is 170 Å². The molecule has 0 aliphatic rings. The third-order valence-electron chi connectivity index (χ3n) is 4.20. The molecular formula is C21H17N3O2S2. The number of thiophene rings is 1. The van der Waals surface area contributed by atoms with Gasteiger partial charge in [0.2, 0.25) is 0 Å². The van der Waals surface area contributed by atoms with Crippen LogP contribution in [0.4, 0.5) is 5.69 Å². The average molecular weight is 408 g/mol. The van der Waals surface area contributed by atoms with Crippen molar-refractivity contribution in [2.24, 2.45) is 0 Å². The predicted molar refractivity (Wildman–Crippen MR) is 115 cm³/mol. The number of nitrogens with zero attached hydrogens (tertiary/aromatic N) is 2. The monoisotopic (exact) mass is 407 g/mol. The summed E-state index contributed by atoms with van der Waals surface area (Å²) in [6.45, 7) is 0.195. The van der Waals surface area contributed by atoms with Crippen LogP contribution in [0.15, 0.2) is 65.8 Å². The zero-order chi connectivity index (χ0) is 19.5. The number of ether oxygens (including phenoxy) is 1. The van der Waals surface area contributed by atoms with Gasteiger partial charge in [0.25, 0.3) is 0 Å². The number of nitrogens with two attached hydrogens (primary N) is 1. The quantitative estimate of drug-likeness (QED) is 0.284. The maximum atomic E-state index is 12.7. The number of hydrogen-bond donors (Lipinski definition) is 1. The first-order valence-electron chi connectivity index (χ1n) is 8.58. The highest BCUT2D eigenvalue weighted by atomic mass is 32.2. The fourth-order valence-electron chi connectivity index (χ4n) is 2.84. The molecule has 7 heteroatoms. The lowest BCUT2D eigenvalue weighted by atomic mass is 10.1. The minimum Gasteiger partial charge on any atom is -0.457 e. The molecule has 0 radical (unpaired) electrons. The second-order valence-corrected chi connectivity index (χ2v) is 7.78. The van der Waals surface area contributed by atoms with E-state index in [4.69, 9.17) is 10.5 Å². The second-order valence-electron chi connectivity index (χ2n) is 6.01. The first kappa shape index (κ1) is 18.5. The van der Waals surface area contributed by atoms with Crippen LogP contribution >= 0.6 is 23.1 Å². The van der Waals surface area contributed by atoms with E-state index in [1.807, 2.05) is 66.9 Å². The van der Waals surface area contributed by atoms with E-state index < -0.39 is 5.97 Å². The van der Waals surface area contributed by atoms with Gasteiger partial charge in [-0.1, -0.05) is 72.4 Å². The van der Waals surface area contributed by atoms with Crippen LogP contribution in [0.2, 0.25) is 0 Å². The molecule has 2 aromatic carbocycles. The Morgan fingerprint density at radius 2 is 1.75 bits per heavy atom. The summed E-state index contributed by atoms with van der Waals surface area (Å²) in [5.74, 6) is -0.450. The van der Waals surface area contributed by atoms with Gasteiger partial charge in [-0.15, -0.1) is 11.3 Å². The largest absolute Gasteiger partial charge is 0.457 e. The maximum Gasteiger partial charge on any atom is 0.350 e. The highest BCUT2D eigenvalue weighted by Crippen LogP contribution is 2.39. The van der Waals surface area contributed by atoms with Crippen molar-refractivity contribution in [1.29, 1.82) is 0 Å². The summed E-state index contributed by atoms with van der Waals surface area (Å²) in [5.41, 5.74) is 9.31. The standard InChI is InChI=1S/C21H17N3O2S2/c1-27-21-23-17(14-10-6-3-7-11-14)15-16(22)18(28-19(15)24-21)20(25)26-12-13-8-4-2-5-9-13/h2-11H,12,22H2,1H3. The van der Waals surface area contributed by atoms with Crippen LogP contribution in [0.1, 0.15) is 15.2 Å². The number of hydrogen-bond acceptors (Lipinski definition) is 7. The fraction of sp³-hybridized carbons (Fsp3) is 0.0952. The molecule has 0 saturated carbocycles. The van der Waals surface area contributed by atoms with Gasteiger partial charge in [-0.25, -0.2) is 14.8 Å². The molecule has 2 N–H and O–H groups in total. The van der Waals surface area contributed by atoms with Crippen LogP contribution in [0, 0.1) is 0 Å². The molecule has 2 heterocycles. The normalized spacial score (nSPS) is 10.9. The zero-order valence-electron chi connectivity index (χ0n) is 15.1. The summed E-state index contributed by atoms with van der Waals surface area (Å²) < 4.78 is 5.46. The SMILES string of the molecule is CSc1nc(-c2ccccc2)c2c(N)c(C(=O)OCc3ccccc3)sc2n1. The number of benzene rings is 2. The topological polar surface area (TPSA) is 78.1 Å². The van der Waals surface area contributed by atoms with Crippen molar-refractivity contribution in [3.05, 3.63) is 71.1 Å². The molecule has 2 aromatic heterocycles. The van der Waals surface area contributed by atoms with Crippen LogP contribution in [-0.4, -0.2) is 22.2 Å². The summed E-state index contributed by atoms with van der Waals surface area (Å²) in [6, 6.07) is 19.3. The van der Waals surface area contributed by atoms with Crippen LogP contribution in [0.25, 0.3) is 21.5 Å². The van der Waals surface area contributed by atoms with Crippen molar-refractivity contribution < 1.29 is 9.53 Å². The van der Waals surface area contributed by atoms with Gasteiger partial charge in [0.05, 0.1) is 16.8 Å². The van der Waals surface area contributed by atoms with E-state index in [-0.39, 0.29) is 6.61 Å². The minimum absolute atomic E-state index is 0.195. The number of thioether (sulfide) groups is 1. The third-order valence-corrected chi connectivity index (χ3v) is 5.82. The molecule has 0 atom stereocenters. The van der Waals surface area contributed by atoms with Crippen molar-refractivity contribution in [2.45, 2.75) is 11.8 Å². The van der Waals surface area contributed by atoms with E-state index in [0.29, 0.717) is 25.9 Å². The lowest BCUT2D eigenvalue weighted by molar-refractivity contribution is 0.0480. The van der Waals surface area contributed by atoms with Crippen LogP contribution in [0.3, 0.4) is 0 Å². The predicted octanol–water partition coefficient (Wildman–Crippen LogP) is 5.02. The van der Waals surface area contributed by atoms with Gasteiger partial charge in [-0.3, -0.25) is 0 Å². The molecular weight excluding hydrogens is 390 g/mol. The van der Waals surface area contributed by atoms with Crippen molar-refractivity contribution in [1.82, 2.24) is 9.97 Å². The number of rotatable bonds is 5. The minimum atomic E-state index is -0.450. The smallest absolute Gasteiger partial charge is 0.350 e. The van der Waals surface area contributed by atoms with Crippen molar-refractivity contribution in [3.8, 4) is 11.3 Å². The summed E-state index contributed by atoms with van der Waals surface area (Å²) in [6.07, 6.45) is 1.92. The average Bonchev–Trinajstić information content (AvgIpc) is 3.09. The van der Waals surface area contributed by atoms with Gasteiger partial charge >= 0.3 is 5.97 Å². The van der Waals surface area contributed by atoms with Crippen LogP contribution in [0.5, 0.6) is 0 Å². The lowest BCUT2D eigenvalue weighted by Crippen LogP contribution is -2.05. The first-order chi connectivity index (χ1) is 13.7. The highest BCUT2D eigenvalue weighted by molar-refractivity contribution is 7.98. The van der Waals surface area contributed by atoms with Crippen LogP contribution in [-0.2, 0) is 11.3 Å². The molecule has 140 valence electrons. The number of fused-ring (bicyclic) bond motifs is 1. The Kier molecular flexibility index (Phi) is 5.27. The Bertz CT molecular complexity index is 1130. The van der Waals surface area contributed by atoms with Gasteiger partial charge in [-0.2, -0.15) is 0 Å². The molecule has 0 fully saturated rings. The molecule has 0 saturated heterocycles. The molecule has 0 aliphatic carbocycles. The van der Waals surface area contributed by atoms with Crippen LogP contribution < -0.4 is 5.73 Å². The number of nitrogen functional groups attached to an aromatic ring is 1. The maximum absolute atomic E-state index is 12.7. The van der Waals surface area contributed by atoms with E-state index in [1.165, 1.54) is 23.1 Å². The van der Waals surface area contributed by atoms with Crippen molar-refractivity contribution >= 4 is 45.0 Å². The van der Waals surface area contributed by atoms with Gasteiger partial charge < -0.3 is 10.5 Å². The second kappa shape index (κ2) is 8.00. The third kappa shape index (κ3) is 3.58. The zero-order valence-corrected chi connectivity index (χ0v) is 16.7. The molecule has 0 spiro atoms. The Morgan fingerprint density at radius 3 is 2.43 bits per heavy atom. The summed E-state index contributed by atoms with van der Waals surface area (Å²) >= 11 is 2.69. The Balaban J connectivity index is 1.74. The molecule has 4 aromatic rings. The molecule has 0 amide bonds. The number of carbonyl (C=O) groups excluding carboxylic acids is 1. The number of anilines is 1. The molecule has 0 bridgehead atoms. The van der Waals surface area contributed by atoms with E-state index in [1.54, 1.807) is 0 Å². The number of esters is 1. The lowest BCUT2D eigenvalue weighted by Gasteiger charge is -2.06. The Hall–Kier alpha value is -2.90. The van der Waals surface area contributed by atoms with E-state index in [0.717, 1.165) is 16.8 Å². The van der Waals surface area contributed by atoms with E-state index >= 15 is 0 Å². The van der Waals surface area contributed by atoms with Gasteiger partial charge in [0, 0.05) is 5.56 Å². The fourth-order valence-corrected chi connectivity index (χ4v) is 4.25. The molecule has 5 nitrogen and oxygen atoms in total. The van der Waals surface area contributed by atoms with Crippen molar-refractivity contribution in [2.75, 3.05) is 12.0 Å². The molecule has 4 rings (SSSR count). The van der Waals surface area contributed by atoms with E-state index in [2.05, 4.69) is 9.97 Å². The van der Waals surface area contributed by atoms with E-state index in [9.17, 15) is 4.79 Å². The summed E-state index contributed by atoms with van der Waals surface area (Å²) in [7, 11) is 0. The van der Waals surface area contributed by atoms with Gasteiger partial charge in [-0.05, 0) is 11.8 Å². The first-order valence-corrected chi connectivity index (χ1v) is 10.6. The molecule has 28 heavy (non-hydrogen) atoms. The number of carbonyl (C=O) groups is 1. The molecule has 0 unspecified atom stereocenters.